The molecule has 23 heavy (non-hydrogen) atoms. The highest BCUT2D eigenvalue weighted by Crippen LogP contribution is 2.41. The van der Waals surface area contributed by atoms with Crippen molar-refractivity contribution < 1.29 is 10.0 Å². The number of carbonyl (C=O) groups excluding carboxylic acids is 1. The van der Waals surface area contributed by atoms with Crippen molar-refractivity contribution in [2.24, 2.45) is 10.7 Å². The first kappa shape index (κ1) is 15.4. The van der Waals surface area contributed by atoms with Gasteiger partial charge in [-0.1, -0.05) is 60.7 Å². The highest BCUT2D eigenvalue weighted by molar-refractivity contribution is 6.45. The summed E-state index contributed by atoms with van der Waals surface area (Å²) in [5.41, 5.74) is 5.48. The molecular weight excluding hydrogens is 290 g/mol. The molecule has 1 heterocycles. The summed E-state index contributed by atoms with van der Waals surface area (Å²) in [6, 6.07) is 17.9. The molecule has 0 fully saturated rings. The first-order chi connectivity index (χ1) is 10.9. The van der Waals surface area contributed by atoms with E-state index in [9.17, 15) is 10.0 Å². The Morgan fingerprint density at radius 1 is 1.04 bits per heavy atom. The molecule has 3 rings (SSSR count). The van der Waals surface area contributed by atoms with Crippen LogP contribution in [-0.4, -0.2) is 27.4 Å². The zero-order valence-electron chi connectivity index (χ0n) is 13.1. The van der Waals surface area contributed by atoms with Crippen LogP contribution in [0.1, 0.15) is 29.8 Å². The lowest BCUT2D eigenvalue weighted by Crippen LogP contribution is -2.60. The summed E-state index contributed by atoms with van der Waals surface area (Å²) in [6.07, 6.45) is 0. The SMILES string of the molecule is CC1(C)N=C(C(=O)c2ccccc2)N(O)C1(N)c1ccccc1. The monoisotopic (exact) mass is 309 g/mol. The summed E-state index contributed by atoms with van der Waals surface area (Å²) in [5, 5.41) is 11.5. The van der Waals surface area contributed by atoms with E-state index >= 15 is 0 Å². The molecular formula is C18H19N3O2. The topological polar surface area (TPSA) is 78.9 Å². The molecule has 0 saturated heterocycles. The van der Waals surface area contributed by atoms with Crippen LogP contribution in [0.2, 0.25) is 0 Å². The van der Waals surface area contributed by atoms with E-state index in [1.54, 1.807) is 38.1 Å². The van der Waals surface area contributed by atoms with Crippen molar-refractivity contribution in [3.05, 3.63) is 71.8 Å². The predicted molar refractivity (Wildman–Crippen MR) is 88.2 cm³/mol. The molecule has 1 atom stereocenters. The minimum atomic E-state index is -1.31. The number of Topliss-reactive ketones (excluding diaryl/α,β-unsaturated/α-hetero) is 1. The molecule has 0 aromatic heterocycles. The number of hydrogen-bond donors (Lipinski definition) is 2. The molecule has 0 amide bonds. The third-order valence-corrected chi connectivity index (χ3v) is 4.31. The second kappa shape index (κ2) is 5.30. The van der Waals surface area contributed by atoms with E-state index in [1.807, 2.05) is 36.4 Å². The summed E-state index contributed by atoms with van der Waals surface area (Å²) < 4.78 is 0. The quantitative estimate of drug-likeness (QED) is 0.854. The summed E-state index contributed by atoms with van der Waals surface area (Å²) in [4.78, 5) is 17.1. The van der Waals surface area contributed by atoms with E-state index in [1.165, 1.54) is 0 Å². The number of ketones is 1. The van der Waals surface area contributed by atoms with E-state index in [2.05, 4.69) is 4.99 Å². The van der Waals surface area contributed by atoms with Gasteiger partial charge < -0.3 is 5.73 Å². The van der Waals surface area contributed by atoms with Crippen LogP contribution >= 0.6 is 0 Å². The maximum absolute atomic E-state index is 12.7. The standard InChI is InChI=1S/C18H19N3O2/c1-17(2)18(19,14-11-7-4-8-12-14)21(23)16(20-17)15(22)13-9-5-3-6-10-13/h3-12,23H,19H2,1-2H3. The number of hydroxylamine groups is 2. The van der Waals surface area contributed by atoms with Gasteiger partial charge in [0.15, 0.2) is 11.5 Å². The van der Waals surface area contributed by atoms with Gasteiger partial charge in [-0.05, 0) is 19.4 Å². The molecule has 0 spiro atoms. The molecule has 0 radical (unpaired) electrons. The largest absolute Gasteiger partial charge is 0.301 e. The fourth-order valence-corrected chi connectivity index (χ4v) is 2.86. The normalized spacial score (nSPS) is 22.8. The average molecular weight is 309 g/mol. The molecule has 0 saturated carbocycles. The fourth-order valence-electron chi connectivity index (χ4n) is 2.86. The molecule has 5 nitrogen and oxygen atoms in total. The van der Waals surface area contributed by atoms with Gasteiger partial charge in [-0.25, -0.2) is 5.06 Å². The Kier molecular flexibility index (Phi) is 3.55. The summed E-state index contributed by atoms with van der Waals surface area (Å²) in [5.74, 6) is -0.406. The number of nitrogens with zero attached hydrogens (tertiary/aromatic N) is 2. The van der Waals surface area contributed by atoms with E-state index in [4.69, 9.17) is 5.73 Å². The molecule has 1 aliphatic heterocycles. The van der Waals surface area contributed by atoms with Crippen molar-refractivity contribution in [2.75, 3.05) is 0 Å². The Bertz CT molecular complexity index is 756. The van der Waals surface area contributed by atoms with Gasteiger partial charge in [-0.2, -0.15) is 0 Å². The van der Waals surface area contributed by atoms with Crippen molar-refractivity contribution in [1.29, 1.82) is 0 Å². The van der Waals surface area contributed by atoms with Crippen LogP contribution in [0.3, 0.4) is 0 Å². The molecule has 5 heteroatoms. The third kappa shape index (κ3) is 2.25. The molecule has 2 aromatic rings. The van der Waals surface area contributed by atoms with Gasteiger partial charge in [0, 0.05) is 5.56 Å². The van der Waals surface area contributed by atoms with Crippen LogP contribution in [0.25, 0.3) is 0 Å². The van der Waals surface area contributed by atoms with Gasteiger partial charge in [0.25, 0.3) is 0 Å². The fraction of sp³-hybridized carbons (Fsp3) is 0.222. The maximum Gasteiger partial charge on any atom is 0.229 e. The lowest BCUT2D eigenvalue weighted by atomic mass is 9.83. The van der Waals surface area contributed by atoms with Crippen LogP contribution in [0.4, 0.5) is 0 Å². The summed E-state index contributed by atoms with van der Waals surface area (Å²) >= 11 is 0. The van der Waals surface area contributed by atoms with Crippen molar-refractivity contribution in [2.45, 2.75) is 25.0 Å². The lowest BCUT2D eigenvalue weighted by molar-refractivity contribution is -0.118. The third-order valence-electron chi connectivity index (χ3n) is 4.31. The van der Waals surface area contributed by atoms with Gasteiger partial charge in [-0.3, -0.25) is 15.0 Å². The highest BCUT2D eigenvalue weighted by Gasteiger charge is 2.55. The number of hydrogen-bond acceptors (Lipinski definition) is 5. The van der Waals surface area contributed by atoms with Gasteiger partial charge in [0.2, 0.25) is 5.78 Å². The van der Waals surface area contributed by atoms with Gasteiger partial charge in [-0.15, -0.1) is 0 Å². The van der Waals surface area contributed by atoms with E-state index in [0.29, 0.717) is 11.1 Å². The van der Waals surface area contributed by atoms with Crippen molar-refractivity contribution in [3.8, 4) is 0 Å². The molecule has 118 valence electrons. The molecule has 2 aromatic carbocycles. The minimum absolute atomic E-state index is 0.0486. The number of nitrogens with two attached hydrogens (primary N) is 1. The Morgan fingerprint density at radius 2 is 1.57 bits per heavy atom. The van der Waals surface area contributed by atoms with Crippen LogP contribution in [0.5, 0.6) is 0 Å². The summed E-state index contributed by atoms with van der Waals surface area (Å²) in [6.45, 7) is 3.60. The Labute approximate surface area is 135 Å². The van der Waals surface area contributed by atoms with Crippen molar-refractivity contribution in [3.63, 3.8) is 0 Å². The van der Waals surface area contributed by atoms with Crippen LogP contribution in [0.15, 0.2) is 65.7 Å². The van der Waals surface area contributed by atoms with Gasteiger partial charge in [0.1, 0.15) is 5.54 Å². The number of rotatable bonds is 3. The molecule has 3 N–H and O–H groups in total. The van der Waals surface area contributed by atoms with Crippen LogP contribution < -0.4 is 5.73 Å². The molecule has 0 aliphatic carbocycles. The number of amidine groups is 1. The Balaban J connectivity index is 2.05. The van der Waals surface area contributed by atoms with E-state index < -0.39 is 11.2 Å². The average Bonchev–Trinajstić information content (AvgIpc) is 2.77. The van der Waals surface area contributed by atoms with Crippen molar-refractivity contribution in [1.82, 2.24) is 5.06 Å². The first-order valence-corrected chi connectivity index (χ1v) is 7.41. The zero-order chi connectivity index (χ0) is 16.7. The smallest absolute Gasteiger partial charge is 0.229 e. The van der Waals surface area contributed by atoms with Crippen LogP contribution in [0, 0.1) is 0 Å². The molecule has 1 unspecified atom stereocenters. The Hall–Kier alpha value is -2.50. The number of aliphatic imine (C=N–C) groups is 1. The maximum atomic E-state index is 12.7. The Morgan fingerprint density at radius 3 is 2.13 bits per heavy atom. The summed E-state index contributed by atoms with van der Waals surface area (Å²) in [7, 11) is 0. The second-order valence-electron chi connectivity index (χ2n) is 6.13. The second-order valence-corrected chi connectivity index (χ2v) is 6.13. The number of carbonyl (C=O) groups is 1. The molecule has 1 aliphatic rings. The lowest BCUT2D eigenvalue weighted by Gasteiger charge is -2.40. The van der Waals surface area contributed by atoms with Gasteiger partial charge in [0.05, 0.1) is 0 Å². The molecule has 0 bridgehead atoms. The predicted octanol–water partition coefficient (Wildman–Crippen LogP) is 2.56. The first-order valence-electron chi connectivity index (χ1n) is 7.41. The van der Waals surface area contributed by atoms with E-state index in [0.717, 1.165) is 5.06 Å². The van der Waals surface area contributed by atoms with E-state index in [-0.39, 0.29) is 11.6 Å². The van der Waals surface area contributed by atoms with Crippen LogP contribution in [-0.2, 0) is 5.66 Å². The number of benzene rings is 2. The van der Waals surface area contributed by atoms with Crippen molar-refractivity contribution >= 4 is 11.6 Å². The highest BCUT2D eigenvalue weighted by atomic mass is 16.5. The zero-order valence-corrected chi connectivity index (χ0v) is 13.1. The minimum Gasteiger partial charge on any atom is -0.301 e. The van der Waals surface area contributed by atoms with Gasteiger partial charge >= 0.3 is 0 Å².